The fourth-order valence-corrected chi connectivity index (χ4v) is 4.48. The Kier molecular flexibility index (Phi) is 6.87. The van der Waals surface area contributed by atoms with Gasteiger partial charge in [-0.3, -0.25) is 14.6 Å². The standard InChI is InChI=1S/C16H19F2NO2.C8H5FN2O2/c17-12-2-1-11(14(18)7-12)9-19-15(20)4-6-16-5-3-13(8-16)21-10-16;9-4-1-2-6-5(3-4)7(12)11-8(13)10-6/h1-2,7,13H,3-6,8-10H2,(H,19,20);1-3H,(H2,10,11,12,13). The van der Waals surface area contributed by atoms with Crippen LogP contribution in [0, 0.1) is 22.9 Å². The third kappa shape index (κ3) is 5.56. The van der Waals surface area contributed by atoms with Crippen LogP contribution in [-0.2, 0) is 16.1 Å². The van der Waals surface area contributed by atoms with E-state index in [-0.39, 0.29) is 23.3 Å². The van der Waals surface area contributed by atoms with Gasteiger partial charge in [0.15, 0.2) is 0 Å². The minimum Gasteiger partial charge on any atom is -0.378 e. The van der Waals surface area contributed by atoms with Crippen molar-refractivity contribution in [3.63, 3.8) is 0 Å². The first kappa shape index (κ1) is 23.7. The highest BCUT2D eigenvalue weighted by molar-refractivity contribution is 5.77. The van der Waals surface area contributed by atoms with Crippen LogP contribution in [0.25, 0.3) is 10.9 Å². The van der Waals surface area contributed by atoms with Gasteiger partial charge in [0.05, 0.1) is 23.6 Å². The van der Waals surface area contributed by atoms with E-state index in [1.165, 1.54) is 24.3 Å². The Morgan fingerprint density at radius 1 is 1.09 bits per heavy atom. The number of benzene rings is 2. The molecule has 2 unspecified atom stereocenters. The van der Waals surface area contributed by atoms with Crippen LogP contribution in [0.2, 0.25) is 0 Å². The third-order valence-electron chi connectivity index (χ3n) is 6.36. The van der Waals surface area contributed by atoms with Gasteiger partial charge in [0.2, 0.25) is 5.91 Å². The molecule has 10 heteroatoms. The summed E-state index contributed by atoms with van der Waals surface area (Å²) in [6.07, 6.45) is 4.94. The molecular formula is C24H24F3N3O4. The van der Waals surface area contributed by atoms with Crippen molar-refractivity contribution in [1.82, 2.24) is 15.3 Å². The first-order valence-electron chi connectivity index (χ1n) is 11.0. The van der Waals surface area contributed by atoms with Gasteiger partial charge < -0.3 is 15.0 Å². The molecule has 1 saturated carbocycles. The third-order valence-corrected chi connectivity index (χ3v) is 6.36. The summed E-state index contributed by atoms with van der Waals surface area (Å²) in [6, 6.07) is 6.98. The van der Waals surface area contributed by atoms with E-state index in [1.54, 1.807) is 0 Å². The van der Waals surface area contributed by atoms with E-state index < -0.39 is 28.7 Å². The number of amides is 1. The fraction of sp³-hybridized carbons (Fsp3) is 0.375. The minimum atomic E-state index is -0.628. The Hall–Kier alpha value is -3.40. The molecule has 3 N–H and O–H groups in total. The van der Waals surface area contributed by atoms with Crippen LogP contribution >= 0.6 is 0 Å². The first-order valence-corrected chi connectivity index (χ1v) is 11.0. The summed E-state index contributed by atoms with van der Waals surface area (Å²) >= 11 is 0. The number of carbonyl (C=O) groups is 1. The molecule has 2 atom stereocenters. The number of aromatic amines is 2. The van der Waals surface area contributed by atoms with Crippen molar-refractivity contribution >= 4 is 16.8 Å². The summed E-state index contributed by atoms with van der Waals surface area (Å²) in [5, 5.41) is 2.83. The maximum absolute atomic E-state index is 13.4. The van der Waals surface area contributed by atoms with Crippen molar-refractivity contribution in [2.24, 2.45) is 5.41 Å². The lowest BCUT2D eigenvalue weighted by molar-refractivity contribution is -0.122. The Morgan fingerprint density at radius 3 is 2.53 bits per heavy atom. The highest BCUT2D eigenvalue weighted by atomic mass is 19.1. The van der Waals surface area contributed by atoms with Crippen LogP contribution in [0.1, 0.15) is 37.7 Å². The lowest BCUT2D eigenvalue weighted by Crippen LogP contribution is -2.27. The average Bonchev–Trinajstić information content (AvgIpc) is 3.40. The molecule has 1 aromatic heterocycles. The highest BCUT2D eigenvalue weighted by Crippen LogP contribution is 2.49. The van der Waals surface area contributed by atoms with Gasteiger partial charge in [0.25, 0.3) is 5.56 Å². The maximum Gasteiger partial charge on any atom is 0.326 e. The molecule has 2 bridgehead atoms. The molecule has 1 aliphatic carbocycles. The van der Waals surface area contributed by atoms with Gasteiger partial charge in [-0.1, -0.05) is 6.07 Å². The number of hydrogen-bond acceptors (Lipinski definition) is 4. The predicted molar refractivity (Wildman–Crippen MR) is 119 cm³/mol. The van der Waals surface area contributed by atoms with Crippen molar-refractivity contribution in [1.29, 1.82) is 0 Å². The van der Waals surface area contributed by atoms with Gasteiger partial charge in [0, 0.05) is 24.6 Å². The van der Waals surface area contributed by atoms with E-state index in [4.69, 9.17) is 4.74 Å². The zero-order chi connectivity index (χ0) is 24.3. The topological polar surface area (TPSA) is 104 Å². The van der Waals surface area contributed by atoms with Crippen LogP contribution in [0.15, 0.2) is 46.0 Å². The van der Waals surface area contributed by atoms with Crippen LogP contribution in [0.4, 0.5) is 13.2 Å². The van der Waals surface area contributed by atoms with Gasteiger partial charge in [0.1, 0.15) is 17.5 Å². The van der Waals surface area contributed by atoms with Crippen molar-refractivity contribution in [2.75, 3.05) is 6.61 Å². The van der Waals surface area contributed by atoms with Gasteiger partial charge in [-0.25, -0.2) is 18.0 Å². The van der Waals surface area contributed by atoms with Crippen LogP contribution in [0.5, 0.6) is 0 Å². The molecule has 1 amide bonds. The van der Waals surface area contributed by atoms with Gasteiger partial charge >= 0.3 is 5.69 Å². The summed E-state index contributed by atoms with van der Waals surface area (Å²) in [7, 11) is 0. The molecule has 2 aromatic carbocycles. The highest BCUT2D eigenvalue weighted by Gasteiger charge is 2.45. The minimum absolute atomic E-state index is 0.0940. The summed E-state index contributed by atoms with van der Waals surface area (Å²) in [5.41, 5.74) is -0.367. The monoisotopic (exact) mass is 475 g/mol. The number of nitrogens with one attached hydrogen (secondary N) is 3. The number of carbonyl (C=O) groups excluding carboxylic acids is 1. The average molecular weight is 475 g/mol. The second-order valence-electron chi connectivity index (χ2n) is 8.79. The lowest BCUT2D eigenvalue weighted by Gasteiger charge is -2.25. The molecule has 2 heterocycles. The molecular weight excluding hydrogens is 451 g/mol. The number of ether oxygens (including phenoxy) is 1. The number of aromatic nitrogens is 2. The predicted octanol–water partition coefficient (Wildman–Crippen LogP) is 3.29. The summed E-state index contributed by atoms with van der Waals surface area (Å²) in [4.78, 5) is 38.2. The van der Waals surface area contributed by atoms with Crippen molar-refractivity contribution in [2.45, 2.75) is 44.8 Å². The van der Waals surface area contributed by atoms with Gasteiger partial charge in [-0.2, -0.15) is 0 Å². The van der Waals surface area contributed by atoms with E-state index in [0.29, 0.717) is 23.6 Å². The molecule has 2 aliphatic rings. The van der Waals surface area contributed by atoms with Crippen LogP contribution in [0.3, 0.4) is 0 Å². The Labute approximate surface area is 192 Å². The molecule has 0 radical (unpaired) electrons. The van der Waals surface area contributed by atoms with E-state index in [2.05, 4.69) is 10.3 Å². The number of halogens is 3. The van der Waals surface area contributed by atoms with E-state index >= 15 is 0 Å². The van der Waals surface area contributed by atoms with Gasteiger partial charge in [-0.05, 0) is 55.4 Å². The lowest BCUT2D eigenvalue weighted by atomic mass is 9.83. The van der Waals surface area contributed by atoms with Crippen molar-refractivity contribution < 1.29 is 22.7 Å². The zero-order valence-electron chi connectivity index (χ0n) is 18.3. The van der Waals surface area contributed by atoms with E-state index in [0.717, 1.165) is 44.4 Å². The number of H-pyrrole nitrogens is 2. The Bertz CT molecular complexity index is 1310. The Balaban J connectivity index is 0.000000180. The molecule has 5 rings (SSSR count). The molecule has 7 nitrogen and oxygen atoms in total. The summed E-state index contributed by atoms with van der Waals surface area (Å²) in [5.74, 6) is -1.84. The number of hydrogen-bond donors (Lipinski definition) is 3. The number of fused-ring (bicyclic) bond motifs is 3. The molecule has 1 aliphatic heterocycles. The van der Waals surface area contributed by atoms with E-state index in [1.807, 2.05) is 4.98 Å². The SMILES string of the molecule is O=C(CCC12CCC(C1)OC2)NCc1ccc(F)cc1F.O=c1[nH]c(=O)c2cc(F)ccc2[nH]1. The second-order valence-corrected chi connectivity index (χ2v) is 8.79. The van der Waals surface area contributed by atoms with Crippen molar-refractivity contribution in [3.8, 4) is 0 Å². The van der Waals surface area contributed by atoms with E-state index in [9.17, 15) is 27.6 Å². The number of rotatable bonds is 5. The molecule has 2 fully saturated rings. The van der Waals surface area contributed by atoms with Crippen LogP contribution in [-0.4, -0.2) is 28.6 Å². The molecule has 3 aromatic rings. The maximum atomic E-state index is 13.4. The molecule has 1 saturated heterocycles. The van der Waals surface area contributed by atoms with Crippen molar-refractivity contribution in [3.05, 3.63) is 80.3 Å². The normalized spacial score (nSPS) is 20.7. The molecule has 180 valence electrons. The molecule has 0 spiro atoms. The Morgan fingerprint density at radius 2 is 1.85 bits per heavy atom. The second kappa shape index (κ2) is 9.84. The first-order chi connectivity index (χ1) is 16.2. The quantitative estimate of drug-likeness (QED) is 0.527. The fourth-order valence-electron chi connectivity index (χ4n) is 4.48. The smallest absolute Gasteiger partial charge is 0.326 e. The largest absolute Gasteiger partial charge is 0.378 e. The van der Waals surface area contributed by atoms with Crippen LogP contribution < -0.4 is 16.6 Å². The summed E-state index contributed by atoms with van der Waals surface area (Å²) in [6.45, 7) is 0.856. The summed E-state index contributed by atoms with van der Waals surface area (Å²) < 4.78 is 44.5. The van der Waals surface area contributed by atoms with Gasteiger partial charge in [-0.15, -0.1) is 0 Å². The zero-order valence-corrected chi connectivity index (χ0v) is 18.3. The molecule has 34 heavy (non-hydrogen) atoms.